The third-order valence-electron chi connectivity index (χ3n) is 5.46. The Balaban J connectivity index is 1.86. The molecule has 0 saturated carbocycles. The van der Waals surface area contributed by atoms with E-state index in [2.05, 4.69) is 0 Å². The first-order chi connectivity index (χ1) is 14.5. The van der Waals surface area contributed by atoms with Gasteiger partial charge in [-0.15, -0.1) is 0 Å². The number of hydrogen-bond acceptors (Lipinski definition) is 3. The van der Waals surface area contributed by atoms with E-state index in [9.17, 15) is 14.7 Å². The summed E-state index contributed by atoms with van der Waals surface area (Å²) >= 11 is 6.29. The maximum atomic E-state index is 12.9. The Morgan fingerprint density at radius 1 is 0.967 bits per heavy atom. The lowest BCUT2D eigenvalue weighted by Crippen LogP contribution is -2.48. The number of amides is 1. The quantitative estimate of drug-likeness (QED) is 0.616. The zero-order valence-corrected chi connectivity index (χ0v) is 17.0. The number of carbonyl (C=O) groups excluding carboxylic acids is 1. The molecule has 1 N–H and O–H groups in total. The molecule has 0 saturated heterocycles. The van der Waals surface area contributed by atoms with Gasteiger partial charge in [-0.3, -0.25) is 4.90 Å². The third-order valence-corrected chi connectivity index (χ3v) is 5.83. The molecule has 3 aromatic carbocycles. The number of rotatable bonds is 5. The summed E-state index contributed by atoms with van der Waals surface area (Å²) < 4.78 is 5.04. The number of carbonyl (C=O) groups is 2. The molecule has 1 amide bonds. The number of hydrogen-bond donors (Lipinski definition) is 1. The first kappa shape index (κ1) is 20.0. The second-order valence-electron chi connectivity index (χ2n) is 7.10. The molecule has 1 aliphatic rings. The highest BCUT2D eigenvalue weighted by molar-refractivity contribution is 6.31. The fourth-order valence-electron chi connectivity index (χ4n) is 4.12. The smallest absolute Gasteiger partial charge is 0.411 e. The predicted molar refractivity (Wildman–Crippen MR) is 115 cm³/mol. The second-order valence-corrected chi connectivity index (χ2v) is 7.51. The van der Waals surface area contributed by atoms with Crippen LogP contribution in [-0.2, 0) is 16.0 Å². The molecule has 0 bridgehead atoms. The van der Waals surface area contributed by atoms with Crippen molar-refractivity contribution in [3.63, 3.8) is 0 Å². The molecular formula is C24H20ClNO4. The first-order valence-electron chi connectivity index (χ1n) is 9.53. The van der Waals surface area contributed by atoms with Crippen LogP contribution in [-0.4, -0.2) is 35.2 Å². The monoisotopic (exact) mass is 421 g/mol. The SMILES string of the molecule is COC(=O)N(C(Cc1ccccc1Cl)C(=O)O)C1c2ccccc2-c2ccccc21. The van der Waals surface area contributed by atoms with Crippen LogP contribution in [0.3, 0.4) is 0 Å². The highest BCUT2D eigenvalue weighted by atomic mass is 35.5. The standard InChI is InChI=1S/C24H20ClNO4/c1-30-24(29)26(21(23(27)28)14-15-8-2-7-13-20(15)25)22-18-11-5-3-9-16(18)17-10-4-6-12-19(17)22/h2-13,21-22H,14H2,1H3,(H,27,28). The molecule has 0 radical (unpaired) electrons. The van der Waals surface area contributed by atoms with Crippen LogP contribution in [0.1, 0.15) is 22.7 Å². The molecule has 3 aromatic rings. The molecule has 1 aliphatic carbocycles. The summed E-state index contributed by atoms with van der Waals surface area (Å²) in [7, 11) is 1.26. The van der Waals surface area contributed by atoms with Gasteiger partial charge in [0.15, 0.2) is 0 Å². The topological polar surface area (TPSA) is 66.8 Å². The van der Waals surface area contributed by atoms with Crippen LogP contribution in [0.2, 0.25) is 5.02 Å². The number of methoxy groups -OCH3 is 1. The van der Waals surface area contributed by atoms with E-state index in [-0.39, 0.29) is 6.42 Å². The number of fused-ring (bicyclic) bond motifs is 3. The van der Waals surface area contributed by atoms with Crippen molar-refractivity contribution < 1.29 is 19.4 Å². The molecule has 0 aliphatic heterocycles. The lowest BCUT2D eigenvalue weighted by Gasteiger charge is -2.34. The summed E-state index contributed by atoms with van der Waals surface area (Å²) in [6, 6.07) is 20.7. The zero-order chi connectivity index (χ0) is 21.3. The molecule has 152 valence electrons. The van der Waals surface area contributed by atoms with E-state index in [0.29, 0.717) is 10.6 Å². The van der Waals surface area contributed by atoms with E-state index in [1.807, 2.05) is 48.5 Å². The van der Waals surface area contributed by atoms with Crippen LogP contribution in [0.4, 0.5) is 4.79 Å². The Morgan fingerprint density at radius 3 is 2.03 bits per heavy atom. The third kappa shape index (κ3) is 3.42. The summed E-state index contributed by atoms with van der Waals surface area (Å²) in [5.41, 5.74) is 4.35. The Kier molecular flexibility index (Phi) is 5.46. The fraction of sp³-hybridized carbons (Fsp3) is 0.167. The van der Waals surface area contributed by atoms with E-state index in [4.69, 9.17) is 16.3 Å². The van der Waals surface area contributed by atoms with E-state index in [1.165, 1.54) is 12.0 Å². The van der Waals surface area contributed by atoms with Crippen LogP contribution >= 0.6 is 11.6 Å². The maximum absolute atomic E-state index is 12.9. The fourth-order valence-corrected chi connectivity index (χ4v) is 4.34. The number of ether oxygens (including phenoxy) is 1. The maximum Gasteiger partial charge on any atom is 0.411 e. The van der Waals surface area contributed by atoms with Gasteiger partial charge in [-0.2, -0.15) is 0 Å². The molecule has 4 rings (SSSR count). The Bertz CT molecular complexity index is 1070. The van der Waals surface area contributed by atoms with Crippen LogP contribution in [0, 0.1) is 0 Å². The summed E-state index contributed by atoms with van der Waals surface area (Å²) in [6.07, 6.45) is -0.642. The minimum Gasteiger partial charge on any atom is -0.480 e. The summed E-state index contributed by atoms with van der Waals surface area (Å²) in [4.78, 5) is 26.6. The molecule has 30 heavy (non-hydrogen) atoms. The van der Waals surface area contributed by atoms with Crippen molar-refractivity contribution in [1.82, 2.24) is 4.90 Å². The van der Waals surface area contributed by atoms with Crippen molar-refractivity contribution in [1.29, 1.82) is 0 Å². The van der Waals surface area contributed by atoms with Crippen molar-refractivity contribution in [2.24, 2.45) is 0 Å². The normalized spacial score (nSPS) is 13.3. The van der Waals surface area contributed by atoms with E-state index < -0.39 is 24.1 Å². The highest BCUT2D eigenvalue weighted by Gasteiger charge is 2.42. The average molecular weight is 422 g/mol. The number of halogens is 1. The van der Waals surface area contributed by atoms with Gasteiger partial charge < -0.3 is 9.84 Å². The summed E-state index contributed by atoms with van der Waals surface area (Å²) in [5.74, 6) is -1.12. The molecule has 0 spiro atoms. The lowest BCUT2D eigenvalue weighted by atomic mass is 9.98. The Morgan fingerprint density at radius 2 is 1.50 bits per heavy atom. The minimum atomic E-state index is -1.17. The van der Waals surface area contributed by atoms with Gasteiger partial charge in [-0.05, 0) is 33.9 Å². The first-order valence-corrected chi connectivity index (χ1v) is 9.91. The van der Waals surface area contributed by atoms with Gasteiger partial charge in [0.05, 0.1) is 13.2 Å². The van der Waals surface area contributed by atoms with Gasteiger partial charge in [0.25, 0.3) is 0 Å². The molecule has 5 nitrogen and oxygen atoms in total. The number of aliphatic carboxylic acids is 1. The largest absolute Gasteiger partial charge is 0.480 e. The molecule has 1 atom stereocenters. The van der Waals surface area contributed by atoms with Gasteiger partial charge in [0.1, 0.15) is 6.04 Å². The Hall–Kier alpha value is -3.31. The van der Waals surface area contributed by atoms with Gasteiger partial charge >= 0.3 is 12.1 Å². The van der Waals surface area contributed by atoms with Crippen molar-refractivity contribution in [3.05, 3.63) is 94.5 Å². The van der Waals surface area contributed by atoms with Crippen LogP contribution in [0.15, 0.2) is 72.8 Å². The van der Waals surface area contributed by atoms with Crippen molar-refractivity contribution in [3.8, 4) is 11.1 Å². The number of carboxylic acids is 1. The zero-order valence-electron chi connectivity index (χ0n) is 16.3. The van der Waals surface area contributed by atoms with Gasteiger partial charge in [0.2, 0.25) is 0 Å². The van der Waals surface area contributed by atoms with E-state index in [0.717, 1.165) is 22.3 Å². The van der Waals surface area contributed by atoms with E-state index >= 15 is 0 Å². The molecule has 0 heterocycles. The van der Waals surface area contributed by atoms with Crippen molar-refractivity contribution in [2.45, 2.75) is 18.5 Å². The van der Waals surface area contributed by atoms with Crippen LogP contribution < -0.4 is 0 Å². The van der Waals surface area contributed by atoms with E-state index in [1.54, 1.807) is 24.3 Å². The van der Waals surface area contributed by atoms with Gasteiger partial charge in [-0.25, -0.2) is 9.59 Å². The summed E-state index contributed by atoms with van der Waals surface area (Å²) in [6.45, 7) is 0. The number of carboxylic acid groups (broad SMARTS) is 1. The molecule has 0 aromatic heterocycles. The molecule has 6 heteroatoms. The van der Waals surface area contributed by atoms with Crippen molar-refractivity contribution in [2.75, 3.05) is 7.11 Å². The highest BCUT2D eigenvalue weighted by Crippen LogP contribution is 2.47. The van der Waals surface area contributed by atoms with Crippen LogP contribution in [0.5, 0.6) is 0 Å². The minimum absolute atomic E-state index is 0.0605. The molecular weight excluding hydrogens is 402 g/mol. The Labute approximate surface area is 179 Å². The summed E-state index contributed by atoms with van der Waals surface area (Å²) in [5, 5.41) is 10.6. The lowest BCUT2D eigenvalue weighted by molar-refractivity contribution is -0.143. The van der Waals surface area contributed by atoms with Gasteiger partial charge in [0, 0.05) is 11.4 Å². The van der Waals surface area contributed by atoms with Gasteiger partial charge in [-0.1, -0.05) is 78.3 Å². The van der Waals surface area contributed by atoms with Crippen molar-refractivity contribution >= 4 is 23.7 Å². The van der Waals surface area contributed by atoms with Crippen LogP contribution in [0.25, 0.3) is 11.1 Å². The average Bonchev–Trinajstić information content (AvgIpc) is 3.09. The second kappa shape index (κ2) is 8.20. The molecule has 0 fully saturated rings. The number of benzene rings is 3. The molecule has 1 unspecified atom stereocenters. The predicted octanol–water partition coefficient (Wildman–Crippen LogP) is 5.17. The number of nitrogens with zero attached hydrogens (tertiary/aromatic N) is 1.